The van der Waals surface area contributed by atoms with E-state index in [0.717, 1.165) is 22.5 Å². The summed E-state index contributed by atoms with van der Waals surface area (Å²) in [6.07, 6.45) is 0.404. The first-order valence-corrected chi connectivity index (χ1v) is 14.7. The van der Waals surface area contributed by atoms with E-state index in [2.05, 4.69) is 20.9 Å². The standard InChI is InChI=1S/C28H44Cl2N6O4.2ClH/c1-18(2)16-22(25(37)31-6)33-26(38)20(34-27(39)40-28(3,4)5)9-11-24-32-21-17-19(8-10-23(21)35(24)7)36(14-12-29)15-13-30;;/h8,10,17-18,20,22H,9,11-16H2,1-7H3,(H,31,37)(H,33,38)(H,34,39);2*1H. The van der Waals surface area contributed by atoms with Gasteiger partial charge in [-0.2, -0.15) is 0 Å². The van der Waals surface area contributed by atoms with E-state index < -0.39 is 29.7 Å². The summed E-state index contributed by atoms with van der Waals surface area (Å²) in [4.78, 5) is 45.3. The Bertz CT molecular complexity index is 1150. The number of ether oxygens (including phenoxy) is 1. The Morgan fingerprint density at radius 1 is 1.02 bits per heavy atom. The molecule has 1 heterocycles. The van der Waals surface area contributed by atoms with Crippen molar-refractivity contribution in [2.45, 2.75) is 71.6 Å². The molecule has 2 aromatic rings. The van der Waals surface area contributed by atoms with Crippen LogP contribution < -0.4 is 20.9 Å². The van der Waals surface area contributed by atoms with Crippen molar-refractivity contribution in [3.05, 3.63) is 24.0 Å². The van der Waals surface area contributed by atoms with Crippen LogP contribution in [0, 0.1) is 5.92 Å². The molecule has 1 aromatic heterocycles. The molecule has 2 atom stereocenters. The summed E-state index contributed by atoms with van der Waals surface area (Å²) in [5.74, 6) is 1.14. The van der Waals surface area contributed by atoms with Crippen LogP contribution in [0.3, 0.4) is 0 Å². The second-order valence-electron chi connectivity index (χ2n) is 11.2. The number of benzene rings is 1. The zero-order chi connectivity index (χ0) is 30.0. The first-order chi connectivity index (χ1) is 18.8. The lowest BCUT2D eigenvalue weighted by molar-refractivity contribution is -0.130. The minimum absolute atomic E-state index is 0. The van der Waals surface area contributed by atoms with Crippen LogP contribution in [0.25, 0.3) is 11.0 Å². The van der Waals surface area contributed by atoms with E-state index in [1.807, 2.05) is 43.7 Å². The highest BCUT2D eigenvalue weighted by atomic mass is 35.5. The van der Waals surface area contributed by atoms with Crippen molar-refractivity contribution >= 4 is 82.6 Å². The van der Waals surface area contributed by atoms with Crippen LogP contribution in [-0.4, -0.2) is 77.0 Å². The topological polar surface area (TPSA) is 118 Å². The molecule has 240 valence electrons. The molecule has 10 nitrogen and oxygen atoms in total. The predicted octanol–water partition coefficient (Wildman–Crippen LogP) is 4.80. The fourth-order valence-electron chi connectivity index (χ4n) is 4.37. The summed E-state index contributed by atoms with van der Waals surface area (Å²) >= 11 is 12.0. The number of imidazole rings is 1. The maximum absolute atomic E-state index is 13.4. The lowest BCUT2D eigenvalue weighted by Gasteiger charge is -2.25. The summed E-state index contributed by atoms with van der Waals surface area (Å²) in [6, 6.07) is 4.35. The Morgan fingerprint density at radius 3 is 2.17 bits per heavy atom. The van der Waals surface area contributed by atoms with Crippen LogP contribution in [0.15, 0.2) is 18.2 Å². The van der Waals surface area contributed by atoms with Gasteiger partial charge in [-0.15, -0.1) is 48.0 Å². The van der Waals surface area contributed by atoms with Gasteiger partial charge in [-0.1, -0.05) is 13.8 Å². The van der Waals surface area contributed by atoms with E-state index in [9.17, 15) is 14.4 Å². The largest absolute Gasteiger partial charge is 0.444 e. The third-order valence-corrected chi connectivity index (χ3v) is 6.62. The van der Waals surface area contributed by atoms with Gasteiger partial charge in [0.2, 0.25) is 11.8 Å². The SMILES string of the molecule is CNC(=O)C(CC(C)C)NC(=O)C(CCc1nc2cc(N(CCCl)CCCl)ccc2n1C)NC(=O)OC(C)(C)C.Cl.Cl. The van der Waals surface area contributed by atoms with Gasteiger partial charge >= 0.3 is 6.09 Å². The molecular formula is C28H46Cl4N6O4. The first kappa shape index (κ1) is 39.9. The molecule has 0 aliphatic carbocycles. The first-order valence-electron chi connectivity index (χ1n) is 13.6. The zero-order valence-electron chi connectivity index (χ0n) is 25.5. The number of carbonyl (C=O) groups excluding carboxylic acids is 3. The van der Waals surface area contributed by atoms with Gasteiger partial charge in [0.05, 0.1) is 11.0 Å². The van der Waals surface area contributed by atoms with Gasteiger partial charge in [-0.3, -0.25) is 9.59 Å². The van der Waals surface area contributed by atoms with E-state index >= 15 is 0 Å². The summed E-state index contributed by atoms with van der Waals surface area (Å²) in [6.45, 7) is 10.5. The Hall–Kier alpha value is -2.14. The number of likely N-dealkylation sites (N-methyl/N-ethyl adjacent to an activating group) is 1. The van der Waals surface area contributed by atoms with E-state index in [0.29, 0.717) is 37.7 Å². The number of hydrogen-bond acceptors (Lipinski definition) is 6. The molecule has 0 bridgehead atoms. The number of alkyl halides is 2. The van der Waals surface area contributed by atoms with Crippen LogP contribution in [0.4, 0.5) is 10.5 Å². The number of nitrogens with zero attached hydrogens (tertiary/aromatic N) is 3. The van der Waals surface area contributed by atoms with Gasteiger partial charge in [0, 0.05) is 51.1 Å². The summed E-state index contributed by atoms with van der Waals surface area (Å²) in [7, 11) is 3.44. The van der Waals surface area contributed by atoms with Gasteiger partial charge in [-0.05, 0) is 57.7 Å². The number of rotatable bonds is 14. The fraction of sp³-hybridized carbons (Fsp3) is 0.643. The monoisotopic (exact) mass is 670 g/mol. The number of halogens is 4. The van der Waals surface area contributed by atoms with Crippen LogP contribution in [0.2, 0.25) is 0 Å². The molecule has 3 amide bonds. The molecule has 42 heavy (non-hydrogen) atoms. The number of hydrogen-bond donors (Lipinski definition) is 3. The number of aromatic nitrogens is 2. The average Bonchev–Trinajstić information content (AvgIpc) is 3.18. The van der Waals surface area contributed by atoms with Crippen molar-refractivity contribution in [1.29, 1.82) is 0 Å². The third-order valence-electron chi connectivity index (χ3n) is 6.28. The Kier molecular flexibility index (Phi) is 17.6. The van der Waals surface area contributed by atoms with Crippen molar-refractivity contribution in [1.82, 2.24) is 25.5 Å². The number of alkyl carbamates (subject to hydrolysis) is 1. The second-order valence-corrected chi connectivity index (χ2v) is 11.9. The van der Waals surface area contributed by atoms with Crippen LogP contribution in [-0.2, 0) is 27.8 Å². The maximum Gasteiger partial charge on any atom is 0.408 e. The number of aryl methyl sites for hydroxylation is 2. The normalized spacial score (nSPS) is 12.5. The molecule has 0 fully saturated rings. The average molecular weight is 673 g/mol. The smallest absolute Gasteiger partial charge is 0.408 e. The van der Waals surface area contributed by atoms with Crippen molar-refractivity contribution in [2.75, 3.05) is 36.8 Å². The Balaban J connectivity index is 0.00000840. The van der Waals surface area contributed by atoms with E-state index in [1.165, 1.54) is 7.05 Å². The van der Waals surface area contributed by atoms with Crippen LogP contribution in [0.1, 0.15) is 53.3 Å². The minimum Gasteiger partial charge on any atom is -0.444 e. The quantitative estimate of drug-likeness (QED) is 0.248. The van der Waals surface area contributed by atoms with Gasteiger partial charge in [-0.25, -0.2) is 9.78 Å². The molecule has 0 radical (unpaired) electrons. The third kappa shape index (κ3) is 12.2. The minimum atomic E-state index is -0.938. The van der Waals surface area contributed by atoms with Gasteiger partial charge < -0.3 is 30.2 Å². The number of nitrogens with one attached hydrogen (secondary N) is 3. The van der Waals surface area contributed by atoms with Gasteiger partial charge in [0.15, 0.2) is 0 Å². The molecule has 0 spiro atoms. The van der Waals surface area contributed by atoms with Crippen LogP contribution >= 0.6 is 48.0 Å². The summed E-state index contributed by atoms with van der Waals surface area (Å²) < 4.78 is 7.38. The number of fused-ring (bicyclic) bond motifs is 1. The lowest BCUT2D eigenvalue weighted by Crippen LogP contribution is -2.54. The maximum atomic E-state index is 13.4. The highest BCUT2D eigenvalue weighted by Crippen LogP contribution is 2.23. The van der Waals surface area contributed by atoms with E-state index in [4.69, 9.17) is 32.9 Å². The van der Waals surface area contributed by atoms with Crippen molar-refractivity contribution < 1.29 is 19.1 Å². The van der Waals surface area contributed by atoms with Crippen molar-refractivity contribution in [3.63, 3.8) is 0 Å². The molecular weight excluding hydrogens is 626 g/mol. The Morgan fingerprint density at radius 2 is 1.64 bits per heavy atom. The molecule has 0 saturated carbocycles. The molecule has 0 aliphatic heterocycles. The molecule has 0 aliphatic rings. The summed E-state index contributed by atoms with van der Waals surface area (Å²) in [5, 5.41) is 8.10. The zero-order valence-corrected chi connectivity index (χ0v) is 28.6. The molecule has 0 saturated heterocycles. The Labute approximate surface area is 271 Å². The van der Waals surface area contributed by atoms with Crippen LogP contribution in [0.5, 0.6) is 0 Å². The fourth-order valence-corrected chi connectivity index (χ4v) is 4.78. The summed E-state index contributed by atoms with van der Waals surface area (Å²) in [5.41, 5.74) is 1.99. The van der Waals surface area contributed by atoms with Gasteiger partial charge in [0.25, 0.3) is 0 Å². The molecule has 1 aromatic carbocycles. The molecule has 14 heteroatoms. The van der Waals surface area contributed by atoms with Crippen molar-refractivity contribution in [3.8, 4) is 0 Å². The molecule has 2 unspecified atom stereocenters. The molecule has 2 rings (SSSR count). The van der Waals surface area contributed by atoms with E-state index in [-0.39, 0.29) is 43.1 Å². The predicted molar refractivity (Wildman–Crippen MR) is 176 cm³/mol. The highest BCUT2D eigenvalue weighted by Gasteiger charge is 2.29. The number of amides is 3. The highest BCUT2D eigenvalue weighted by molar-refractivity contribution is 6.18. The van der Waals surface area contributed by atoms with Crippen molar-refractivity contribution in [2.24, 2.45) is 13.0 Å². The number of carbonyl (C=O) groups is 3. The number of anilines is 1. The second kappa shape index (κ2) is 18.5. The lowest BCUT2D eigenvalue weighted by atomic mass is 10.0. The van der Waals surface area contributed by atoms with Gasteiger partial charge in [0.1, 0.15) is 23.5 Å². The van der Waals surface area contributed by atoms with E-state index in [1.54, 1.807) is 20.8 Å². The molecule has 3 N–H and O–H groups in total.